The van der Waals surface area contributed by atoms with Crippen LogP contribution in [0.5, 0.6) is 0 Å². The first kappa shape index (κ1) is 17.9. The largest absolute Gasteiger partial charge is 0.284 e. The minimum absolute atomic E-state index is 0.232. The summed E-state index contributed by atoms with van der Waals surface area (Å²) >= 11 is 0. The number of H-pyrrole nitrogens is 1. The predicted octanol–water partition coefficient (Wildman–Crippen LogP) is 4.25. The van der Waals surface area contributed by atoms with Crippen molar-refractivity contribution in [1.29, 1.82) is 0 Å². The van der Waals surface area contributed by atoms with E-state index in [0.717, 1.165) is 27.9 Å². The van der Waals surface area contributed by atoms with Gasteiger partial charge in [0.25, 0.3) is 10.0 Å². The Morgan fingerprint density at radius 1 is 0.929 bits per heavy atom. The molecule has 0 saturated carbocycles. The Bertz CT molecular complexity index is 1220. The normalized spacial score (nSPS) is 11.3. The van der Waals surface area contributed by atoms with E-state index in [-0.39, 0.29) is 4.90 Å². The van der Waals surface area contributed by atoms with Crippen LogP contribution in [0.15, 0.2) is 84.1 Å². The van der Waals surface area contributed by atoms with Crippen molar-refractivity contribution in [2.45, 2.75) is 11.8 Å². The summed E-state index contributed by atoms with van der Waals surface area (Å²) in [5.74, 6) is 0. The SMILES string of the molecule is Cc1cccc(S(=O)(=O)Nc2cccc(-c3n[nH]cc3-c3ccncc3)c2)c1. The Hall–Kier alpha value is -3.45. The monoisotopic (exact) mass is 390 g/mol. The number of nitrogens with one attached hydrogen (secondary N) is 2. The van der Waals surface area contributed by atoms with Crippen molar-refractivity contribution in [3.05, 3.63) is 84.8 Å². The van der Waals surface area contributed by atoms with E-state index in [1.807, 2.05) is 37.4 Å². The molecule has 0 aliphatic rings. The average Bonchev–Trinajstić information content (AvgIpc) is 3.18. The van der Waals surface area contributed by atoms with E-state index in [2.05, 4.69) is 19.9 Å². The van der Waals surface area contributed by atoms with Gasteiger partial charge >= 0.3 is 0 Å². The molecule has 6 nitrogen and oxygen atoms in total. The van der Waals surface area contributed by atoms with Gasteiger partial charge in [-0.05, 0) is 54.4 Å². The van der Waals surface area contributed by atoms with Gasteiger partial charge in [0.05, 0.1) is 10.6 Å². The van der Waals surface area contributed by atoms with Crippen molar-refractivity contribution in [3.63, 3.8) is 0 Å². The van der Waals surface area contributed by atoms with Gasteiger partial charge in [0.1, 0.15) is 0 Å². The third kappa shape index (κ3) is 3.65. The van der Waals surface area contributed by atoms with Gasteiger partial charge in [0.15, 0.2) is 0 Å². The summed E-state index contributed by atoms with van der Waals surface area (Å²) in [6, 6.07) is 17.8. The third-order valence-corrected chi connectivity index (χ3v) is 5.70. The van der Waals surface area contributed by atoms with E-state index in [1.165, 1.54) is 0 Å². The molecule has 140 valence electrons. The molecule has 0 saturated heterocycles. The highest BCUT2D eigenvalue weighted by Crippen LogP contribution is 2.31. The molecule has 2 aromatic carbocycles. The first-order valence-corrected chi connectivity index (χ1v) is 10.2. The van der Waals surface area contributed by atoms with Crippen LogP contribution in [0.2, 0.25) is 0 Å². The summed E-state index contributed by atoms with van der Waals surface area (Å²) in [7, 11) is -3.67. The number of anilines is 1. The van der Waals surface area contributed by atoms with Gasteiger partial charge in [-0.3, -0.25) is 14.8 Å². The van der Waals surface area contributed by atoms with Crippen molar-refractivity contribution in [1.82, 2.24) is 15.2 Å². The summed E-state index contributed by atoms with van der Waals surface area (Å²) < 4.78 is 28.0. The topological polar surface area (TPSA) is 87.7 Å². The van der Waals surface area contributed by atoms with Crippen LogP contribution < -0.4 is 4.72 Å². The Labute approximate surface area is 163 Å². The van der Waals surface area contributed by atoms with Crippen molar-refractivity contribution in [2.75, 3.05) is 4.72 Å². The Morgan fingerprint density at radius 2 is 1.71 bits per heavy atom. The van der Waals surface area contributed by atoms with Crippen molar-refractivity contribution in [2.24, 2.45) is 0 Å². The van der Waals surface area contributed by atoms with E-state index >= 15 is 0 Å². The van der Waals surface area contributed by atoms with E-state index in [1.54, 1.807) is 48.8 Å². The molecule has 4 aromatic rings. The lowest BCUT2D eigenvalue weighted by molar-refractivity contribution is 0.601. The maximum Gasteiger partial charge on any atom is 0.261 e. The molecule has 4 rings (SSSR count). The molecule has 0 fully saturated rings. The minimum Gasteiger partial charge on any atom is -0.284 e. The maximum atomic E-state index is 12.7. The van der Waals surface area contributed by atoms with Gasteiger partial charge in [0.2, 0.25) is 0 Å². The fourth-order valence-electron chi connectivity index (χ4n) is 2.99. The molecule has 28 heavy (non-hydrogen) atoms. The van der Waals surface area contributed by atoms with Gasteiger partial charge in [-0.25, -0.2) is 8.42 Å². The van der Waals surface area contributed by atoms with E-state index in [0.29, 0.717) is 5.69 Å². The van der Waals surface area contributed by atoms with Crippen LogP contribution in [-0.2, 0) is 10.0 Å². The fourth-order valence-corrected chi connectivity index (χ4v) is 4.14. The lowest BCUT2D eigenvalue weighted by Gasteiger charge is -2.10. The van der Waals surface area contributed by atoms with Crippen LogP contribution in [0.3, 0.4) is 0 Å². The van der Waals surface area contributed by atoms with Crippen LogP contribution in [0.25, 0.3) is 22.4 Å². The van der Waals surface area contributed by atoms with Crippen molar-refractivity contribution < 1.29 is 8.42 Å². The zero-order chi connectivity index (χ0) is 19.6. The number of hydrogen-bond donors (Lipinski definition) is 2. The highest BCUT2D eigenvalue weighted by Gasteiger charge is 2.16. The van der Waals surface area contributed by atoms with Gasteiger partial charge in [-0.2, -0.15) is 5.10 Å². The first-order valence-electron chi connectivity index (χ1n) is 8.67. The first-order chi connectivity index (χ1) is 13.5. The molecule has 2 heterocycles. The number of benzene rings is 2. The highest BCUT2D eigenvalue weighted by molar-refractivity contribution is 7.92. The minimum atomic E-state index is -3.67. The van der Waals surface area contributed by atoms with Gasteiger partial charge < -0.3 is 0 Å². The summed E-state index contributed by atoms with van der Waals surface area (Å²) in [6.07, 6.45) is 5.26. The van der Waals surface area contributed by atoms with Crippen LogP contribution in [0, 0.1) is 6.92 Å². The Morgan fingerprint density at radius 3 is 2.50 bits per heavy atom. The zero-order valence-electron chi connectivity index (χ0n) is 15.1. The summed E-state index contributed by atoms with van der Waals surface area (Å²) in [4.78, 5) is 4.27. The average molecular weight is 390 g/mol. The molecule has 0 radical (unpaired) electrons. The second-order valence-electron chi connectivity index (χ2n) is 6.39. The quantitative estimate of drug-likeness (QED) is 0.533. The Kier molecular flexibility index (Phi) is 4.67. The molecular formula is C21H18N4O2S. The Balaban J connectivity index is 1.68. The third-order valence-electron chi connectivity index (χ3n) is 4.32. The summed E-state index contributed by atoms with van der Waals surface area (Å²) in [5, 5.41) is 7.23. The van der Waals surface area contributed by atoms with E-state index in [9.17, 15) is 8.42 Å². The summed E-state index contributed by atoms with van der Waals surface area (Å²) in [6.45, 7) is 1.86. The lowest BCUT2D eigenvalue weighted by atomic mass is 10.0. The van der Waals surface area contributed by atoms with Gasteiger partial charge in [-0.1, -0.05) is 24.3 Å². The number of hydrogen-bond acceptors (Lipinski definition) is 4. The molecule has 0 atom stereocenters. The number of aromatic nitrogens is 3. The zero-order valence-corrected chi connectivity index (χ0v) is 15.9. The van der Waals surface area contributed by atoms with Crippen LogP contribution in [0.4, 0.5) is 5.69 Å². The van der Waals surface area contributed by atoms with Gasteiger partial charge in [0, 0.05) is 35.4 Å². The molecule has 0 spiro atoms. The van der Waals surface area contributed by atoms with Crippen LogP contribution in [0.1, 0.15) is 5.56 Å². The fraction of sp³-hybridized carbons (Fsp3) is 0.0476. The van der Waals surface area contributed by atoms with Crippen molar-refractivity contribution in [3.8, 4) is 22.4 Å². The number of nitrogens with zero attached hydrogens (tertiary/aromatic N) is 2. The molecule has 0 unspecified atom stereocenters. The number of sulfonamides is 1. The van der Waals surface area contributed by atoms with E-state index < -0.39 is 10.0 Å². The molecular weight excluding hydrogens is 372 g/mol. The van der Waals surface area contributed by atoms with Gasteiger partial charge in [-0.15, -0.1) is 0 Å². The number of rotatable bonds is 5. The predicted molar refractivity (Wildman–Crippen MR) is 109 cm³/mol. The second kappa shape index (κ2) is 7.28. The van der Waals surface area contributed by atoms with Crippen LogP contribution >= 0.6 is 0 Å². The lowest BCUT2D eigenvalue weighted by Crippen LogP contribution is -2.13. The van der Waals surface area contributed by atoms with E-state index in [4.69, 9.17) is 0 Å². The summed E-state index contributed by atoms with van der Waals surface area (Å²) in [5.41, 5.74) is 4.80. The standard InChI is InChI=1S/C21H18N4O2S/c1-15-4-2-7-19(12-15)28(26,27)25-18-6-3-5-17(13-18)21-20(14-23-24-21)16-8-10-22-11-9-16/h2-14,25H,1H3,(H,23,24). The second-order valence-corrected chi connectivity index (χ2v) is 8.07. The number of aromatic amines is 1. The molecule has 0 bridgehead atoms. The molecule has 2 aromatic heterocycles. The highest BCUT2D eigenvalue weighted by atomic mass is 32.2. The maximum absolute atomic E-state index is 12.7. The smallest absolute Gasteiger partial charge is 0.261 e. The molecule has 0 amide bonds. The molecule has 7 heteroatoms. The molecule has 0 aliphatic carbocycles. The number of aryl methyl sites for hydroxylation is 1. The number of pyridine rings is 1. The molecule has 0 aliphatic heterocycles. The van der Waals surface area contributed by atoms with Crippen LogP contribution in [-0.4, -0.2) is 23.6 Å². The molecule has 2 N–H and O–H groups in total. The van der Waals surface area contributed by atoms with Crippen molar-refractivity contribution >= 4 is 15.7 Å².